The molecule has 6 heteroatoms. The molecule has 136 valence electrons. The maximum absolute atomic E-state index is 4.76. The number of imidazole rings is 1. The van der Waals surface area contributed by atoms with Crippen molar-refractivity contribution in [2.24, 2.45) is 0 Å². The van der Waals surface area contributed by atoms with E-state index >= 15 is 0 Å². The molecule has 0 fully saturated rings. The summed E-state index contributed by atoms with van der Waals surface area (Å²) in [4.78, 5) is 14.8. The Hall–Kier alpha value is -2.47. The SMILES string of the molecule is Cc1nn(C(C)C)c(C)c1CN1CCc2[nH]cnc2[C@H]1c1cccnc1. The van der Waals surface area contributed by atoms with Crippen LogP contribution in [0.25, 0.3) is 0 Å². The van der Waals surface area contributed by atoms with Crippen molar-refractivity contribution in [1.82, 2.24) is 29.6 Å². The van der Waals surface area contributed by atoms with Gasteiger partial charge in [0.25, 0.3) is 0 Å². The summed E-state index contributed by atoms with van der Waals surface area (Å²) in [5.74, 6) is 0. The number of nitrogens with one attached hydrogen (secondary N) is 1. The van der Waals surface area contributed by atoms with Crippen molar-refractivity contribution in [1.29, 1.82) is 0 Å². The molecule has 1 atom stereocenters. The number of aromatic nitrogens is 5. The minimum Gasteiger partial charge on any atom is -0.348 e. The van der Waals surface area contributed by atoms with Crippen LogP contribution in [0.15, 0.2) is 30.9 Å². The van der Waals surface area contributed by atoms with E-state index in [4.69, 9.17) is 5.10 Å². The van der Waals surface area contributed by atoms with Gasteiger partial charge in [0.15, 0.2) is 0 Å². The molecule has 0 radical (unpaired) electrons. The Kier molecular flexibility index (Phi) is 4.36. The molecule has 0 bridgehead atoms. The van der Waals surface area contributed by atoms with Gasteiger partial charge < -0.3 is 4.98 Å². The van der Waals surface area contributed by atoms with Crippen molar-refractivity contribution in [3.8, 4) is 0 Å². The summed E-state index contributed by atoms with van der Waals surface area (Å²) in [7, 11) is 0. The number of pyridine rings is 1. The van der Waals surface area contributed by atoms with Crippen molar-refractivity contribution in [2.75, 3.05) is 6.54 Å². The van der Waals surface area contributed by atoms with Crippen LogP contribution in [0.4, 0.5) is 0 Å². The van der Waals surface area contributed by atoms with Crippen molar-refractivity contribution in [3.63, 3.8) is 0 Å². The van der Waals surface area contributed by atoms with E-state index in [0.29, 0.717) is 6.04 Å². The third-order valence-electron chi connectivity index (χ3n) is 5.35. The molecule has 3 aromatic heterocycles. The van der Waals surface area contributed by atoms with Gasteiger partial charge in [0.1, 0.15) is 0 Å². The molecule has 1 N–H and O–H groups in total. The molecule has 26 heavy (non-hydrogen) atoms. The lowest BCUT2D eigenvalue weighted by molar-refractivity contribution is 0.199. The minimum absolute atomic E-state index is 0.125. The molecular formula is C20H26N6. The normalized spacial score (nSPS) is 17.7. The van der Waals surface area contributed by atoms with Gasteiger partial charge in [0.05, 0.1) is 23.8 Å². The van der Waals surface area contributed by atoms with E-state index in [1.807, 2.05) is 24.8 Å². The van der Waals surface area contributed by atoms with Crippen LogP contribution in [-0.2, 0) is 13.0 Å². The zero-order valence-electron chi connectivity index (χ0n) is 15.9. The zero-order valence-corrected chi connectivity index (χ0v) is 15.9. The Balaban J connectivity index is 1.72. The number of H-pyrrole nitrogens is 1. The summed E-state index contributed by atoms with van der Waals surface area (Å²) in [5.41, 5.74) is 7.25. The van der Waals surface area contributed by atoms with E-state index in [9.17, 15) is 0 Å². The fraction of sp³-hybridized carbons (Fsp3) is 0.450. The van der Waals surface area contributed by atoms with Crippen molar-refractivity contribution in [3.05, 3.63) is 64.8 Å². The molecule has 0 unspecified atom stereocenters. The topological polar surface area (TPSA) is 62.6 Å². The largest absolute Gasteiger partial charge is 0.348 e. The van der Waals surface area contributed by atoms with Crippen LogP contribution in [0.2, 0.25) is 0 Å². The minimum atomic E-state index is 0.125. The Bertz CT molecular complexity index is 892. The van der Waals surface area contributed by atoms with Crippen LogP contribution < -0.4 is 0 Å². The van der Waals surface area contributed by atoms with Gasteiger partial charge in [-0.15, -0.1) is 0 Å². The molecule has 0 aliphatic carbocycles. The van der Waals surface area contributed by atoms with E-state index in [0.717, 1.165) is 30.9 Å². The Labute approximate surface area is 154 Å². The van der Waals surface area contributed by atoms with Gasteiger partial charge in [-0.2, -0.15) is 5.10 Å². The fourth-order valence-electron chi connectivity index (χ4n) is 4.03. The maximum Gasteiger partial charge on any atom is 0.0926 e. The summed E-state index contributed by atoms with van der Waals surface area (Å²) in [6, 6.07) is 4.64. The van der Waals surface area contributed by atoms with E-state index in [1.54, 1.807) is 0 Å². The van der Waals surface area contributed by atoms with Crippen LogP contribution in [-0.4, -0.2) is 36.2 Å². The molecule has 1 aliphatic heterocycles. The predicted molar refractivity (Wildman–Crippen MR) is 101 cm³/mol. The maximum atomic E-state index is 4.76. The monoisotopic (exact) mass is 350 g/mol. The van der Waals surface area contributed by atoms with Gasteiger partial charge in [-0.05, 0) is 39.3 Å². The lowest BCUT2D eigenvalue weighted by Gasteiger charge is -2.35. The van der Waals surface area contributed by atoms with Gasteiger partial charge in [0.2, 0.25) is 0 Å². The number of hydrogen-bond acceptors (Lipinski definition) is 4. The Morgan fingerprint density at radius 1 is 1.31 bits per heavy atom. The van der Waals surface area contributed by atoms with E-state index in [1.165, 1.54) is 22.5 Å². The van der Waals surface area contributed by atoms with Crippen molar-refractivity contribution >= 4 is 0 Å². The zero-order chi connectivity index (χ0) is 18.3. The lowest BCUT2D eigenvalue weighted by atomic mass is 9.96. The second-order valence-corrected chi connectivity index (χ2v) is 7.36. The molecule has 3 aromatic rings. The average Bonchev–Trinajstić information content (AvgIpc) is 3.22. The molecular weight excluding hydrogens is 324 g/mol. The first-order valence-corrected chi connectivity index (χ1v) is 9.27. The number of hydrogen-bond donors (Lipinski definition) is 1. The van der Waals surface area contributed by atoms with E-state index < -0.39 is 0 Å². The second kappa shape index (κ2) is 6.68. The molecule has 0 amide bonds. The first-order chi connectivity index (χ1) is 12.6. The second-order valence-electron chi connectivity index (χ2n) is 7.36. The molecule has 4 heterocycles. The molecule has 0 aromatic carbocycles. The highest BCUT2D eigenvalue weighted by molar-refractivity contribution is 5.32. The quantitative estimate of drug-likeness (QED) is 0.784. The number of aryl methyl sites for hydroxylation is 1. The van der Waals surface area contributed by atoms with Crippen LogP contribution in [0, 0.1) is 13.8 Å². The van der Waals surface area contributed by atoms with Gasteiger partial charge in [0, 0.05) is 54.9 Å². The molecule has 4 rings (SSSR count). The molecule has 6 nitrogen and oxygen atoms in total. The highest BCUT2D eigenvalue weighted by Crippen LogP contribution is 2.34. The number of nitrogens with zero attached hydrogens (tertiary/aromatic N) is 5. The van der Waals surface area contributed by atoms with Gasteiger partial charge in [-0.3, -0.25) is 14.6 Å². The first-order valence-electron chi connectivity index (χ1n) is 9.27. The summed E-state index contributed by atoms with van der Waals surface area (Å²) in [5, 5.41) is 4.76. The van der Waals surface area contributed by atoms with Crippen LogP contribution >= 0.6 is 0 Å². The standard InChI is InChI=1S/C20H26N6/c1-13(2)26-15(4)17(14(3)24-26)11-25-9-7-18-19(23-12-22-18)20(25)16-6-5-8-21-10-16/h5-6,8,10,12-13,20H,7,9,11H2,1-4H3,(H,22,23)/t20-/m1/s1. The van der Waals surface area contributed by atoms with Crippen LogP contribution in [0.3, 0.4) is 0 Å². The highest BCUT2D eigenvalue weighted by atomic mass is 15.3. The third-order valence-corrected chi connectivity index (χ3v) is 5.35. The molecule has 0 spiro atoms. The van der Waals surface area contributed by atoms with Crippen molar-refractivity contribution < 1.29 is 0 Å². The molecule has 0 saturated heterocycles. The number of aromatic amines is 1. The summed E-state index contributed by atoms with van der Waals surface area (Å²) in [6.45, 7) is 10.5. The fourth-order valence-corrected chi connectivity index (χ4v) is 4.03. The third kappa shape index (κ3) is 2.84. The van der Waals surface area contributed by atoms with Gasteiger partial charge >= 0.3 is 0 Å². The van der Waals surface area contributed by atoms with E-state index in [2.05, 4.69) is 58.3 Å². The van der Waals surface area contributed by atoms with Crippen LogP contribution in [0.1, 0.15) is 59.8 Å². The van der Waals surface area contributed by atoms with E-state index in [-0.39, 0.29) is 6.04 Å². The summed E-state index contributed by atoms with van der Waals surface area (Å²) < 4.78 is 2.13. The average molecular weight is 350 g/mol. The Morgan fingerprint density at radius 3 is 2.85 bits per heavy atom. The molecule has 1 aliphatic rings. The van der Waals surface area contributed by atoms with Crippen molar-refractivity contribution in [2.45, 2.75) is 52.7 Å². The molecule has 0 saturated carbocycles. The lowest BCUT2D eigenvalue weighted by Crippen LogP contribution is -2.36. The Morgan fingerprint density at radius 2 is 2.15 bits per heavy atom. The van der Waals surface area contributed by atoms with Gasteiger partial charge in [-0.25, -0.2) is 4.98 Å². The predicted octanol–water partition coefficient (Wildman–Crippen LogP) is 3.35. The summed E-state index contributed by atoms with van der Waals surface area (Å²) >= 11 is 0. The van der Waals surface area contributed by atoms with Crippen LogP contribution in [0.5, 0.6) is 0 Å². The smallest absolute Gasteiger partial charge is 0.0926 e. The first kappa shape index (κ1) is 17.0. The number of rotatable bonds is 4. The summed E-state index contributed by atoms with van der Waals surface area (Å²) in [6.07, 6.45) is 6.58. The highest BCUT2D eigenvalue weighted by Gasteiger charge is 2.32. The van der Waals surface area contributed by atoms with Gasteiger partial charge in [-0.1, -0.05) is 6.07 Å². The number of fused-ring (bicyclic) bond motifs is 1.